The summed E-state index contributed by atoms with van der Waals surface area (Å²) in [5.74, 6) is 1.38. The number of hydrogen-bond donors (Lipinski definition) is 1. The summed E-state index contributed by atoms with van der Waals surface area (Å²) in [6, 6.07) is 12.3. The second kappa shape index (κ2) is 6.44. The fraction of sp³-hybridized carbons (Fsp3) is 0.286. The van der Waals surface area contributed by atoms with Crippen molar-refractivity contribution in [1.82, 2.24) is 19.7 Å². The van der Waals surface area contributed by atoms with Crippen LogP contribution in [0.25, 0.3) is 0 Å². The monoisotopic (exact) mass is 377 g/mol. The number of carbonyl (C=O) groups is 1. The van der Waals surface area contributed by atoms with Gasteiger partial charge in [0.15, 0.2) is 0 Å². The molecule has 2 aliphatic heterocycles. The Labute approximate surface area is 162 Å². The number of nitrogens with one attached hydrogen (secondary N) is 1. The number of amides is 1. The van der Waals surface area contributed by atoms with Gasteiger partial charge in [-0.25, -0.2) is 9.07 Å². The Kier molecular flexibility index (Phi) is 3.89. The molecule has 2 aliphatic rings. The Hall–Kier alpha value is -3.22. The zero-order chi connectivity index (χ0) is 19.3. The maximum Gasteiger partial charge on any atom is 0.254 e. The molecule has 28 heavy (non-hydrogen) atoms. The van der Waals surface area contributed by atoms with Crippen LogP contribution in [0.3, 0.4) is 0 Å². The molecule has 6 nitrogen and oxygen atoms in total. The minimum Gasteiger partial charge on any atom is -0.337 e. The average molecular weight is 377 g/mol. The lowest BCUT2D eigenvalue weighted by Gasteiger charge is -2.22. The number of nitrogens with zero attached hydrogens (tertiary/aromatic N) is 4. The lowest BCUT2D eigenvalue weighted by atomic mass is 9.91. The average Bonchev–Trinajstić information content (AvgIpc) is 3.22. The molecule has 1 N–H and O–H groups in total. The fourth-order valence-electron chi connectivity index (χ4n) is 4.09. The van der Waals surface area contributed by atoms with E-state index in [0.717, 1.165) is 47.6 Å². The van der Waals surface area contributed by atoms with Gasteiger partial charge in [0.25, 0.3) is 5.91 Å². The van der Waals surface area contributed by atoms with Gasteiger partial charge in [-0.1, -0.05) is 12.1 Å². The van der Waals surface area contributed by atoms with E-state index in [1.807, 2.05) is 35.0 Å². The molecule has 7 heteroatoms. The molecule has 3 heterocycles. The van der Waals surface area contributed by atoms with Gasteiger partial charge >= 0.3 is 0 Å². The summed E-state index contributed by atoms with van der Waals surface area (Å²) in [7, 11) is 1.80. The first-order valence-corrected chi connectivity index (χ1v) is 9.44. The lowest BCUT2D eigenvalue weighted by Crippen LogP contribution is -2.17. The summed E-state index contributed by atoms with van der Waals surface area (Å²) >= 11 is 0. The number of halogens is 1. The number of hydrogen-bond acceptors (Lipinski definition) is 4. The number of anilines is 2. The lowest BCUT2D eigenvalue weighted by molar-refractivity contribution is 0.0816. The van der Waals surface area contributed by atoms with E-state index in [-0.39, 0.29) is 17.6 Å². The molecule has 0 spiro atoms. The van der Waals surface area contributed by atoms with E-state index in [9.17, 15) is 9.18 Å². The van der Waals surface area contributed by atoms with Crippen molar-refractivity contribution in [3.8, 4) is 0 Å². The van der Waals surface area contributed by atoms with E-state index in [4.69, 9.17) is 4.98 Å². The molecule has 0 aliphatic carbocycles. The van der Waals surface area contributed by atoms with E-state index in [1.165, 1.54) is 12.1 Å². The molecule has 2 aromatic carbocycles. The molecule has 1 atom stereocenters. The summed E-state index contributed by atoms with van der Waals surface area (Å²) in [5.41, 5.74) is 3.68. The van der Waals surface area contributed by atoms with Gasteiger partial charge in [0.1, 0.15) is 11.6 Å². The first kappa shape index (κ1) is 16.9. The molecule has 0 saturated heterocycles. The zero-order valence-electron chi connectivity index (χ0n) is 15.5. The minimum absolute atomic E-state index is 0.0549. The SMILES string of the molecule is CN1Cc2cc(Nc3nc4n(n3)CCCC4c3ccc(F)cc3)ccc2C1=O. The van der Waals surface area contributed by atoms with Gasteiger partial charge in [-0.15, -0.1) is 5.10 Å². The molecule has 3 aromatic rings. The van der Waals surface area contributed by atoms with Gasteiger partial charge in [-0.05, 0) is 54.3 Å². The van der Waals surface area contributed by atoms with Gasteiger partial charge in [0.2, 0.25) is 5.95 Å². The minimum atomic E-state index is -0.232. The molecule has 0 bridgehead atoms. The second-order valence-electron chi connectivity index (χ2n) is 7.42. The van der Waals surface area contributed by atoms with Crippen LogP contribution in [-0.4, -0.2) is 32.6 Å². The number of aryl methyl sites for hydroxylation is 1. The molecule has 5 rings (SSSR count). The third-order valence-electron chi connectivity index (χ3n) is 5.49. The first-order chi connectivity index (χ1) is 13.6. The van der Waals surface area contributed by atoms with Crippen molar-refractivity contribution in [2.24, 2.45) is 0 Å². The van der Waals surface area contributed by atoms with Crippen molar-refractivity contribution < 1.29 is 9.18 Å². The number of aromatic nitrogens is 3. The van der Waals surface area contributed by atoms with E-state index >= 15 is 0 Å². The Morgan fingerprint density at radius 2 is 2.00 bits per heavy atom. The first-order valence-electron chi connectivity index (χ1n) is 9.44. The summed E-state index contributed by atoms with van der Waals surface area (Å²) in [6.07, 6.45) is 1.97. The number of fused-ring (bicyclic) bond motifs is 2. The van der Waals surface area contributed by atoms with Crippen LogP contribution in [0.5, 0.6) is 0 Å². The standard InChI is InChI=1S/C21H20FN5O/c1-26-12-14-11-16(8-9-18(14)20(26)28)23-21-24-19-17(3-2-10-27(19)25-21)13-4-6-15(22)7-5-13/h4-9,11,17H,2-3,10,12H2,1H3,(H,23,25). The van der Waals surface area contributed by atoms with Gasteiger partial charge < -0.3 is 10.2 Å². The predicted octanol–water partition coefficient (Wildman–Crippen LogP) is 3.67. The van der Waals surface area contributed by atoms with E-state index in [2.05, 4.69) is 10.4 Å². The van der Waals surface area contributed by atoms with Crippen LogP contribution in [0.4, 0.5) is 16.0 Å². The topological polar surface area (TPSA) is 63.1 Å². The summed E-state index contributed by atoms with van der Waals surface area (Å²) in [4.78, 5) is 18.5. The quantitative estimate of drug-likeness (QED) is 0.756. The van der Waals surface area contributed by atoms with E-state index in [0.29, 0.717) is 12.5 Å². The van der Waals surface area contributed by atoms with Crippen molar-refractivity contribution in [1.29, 1.82) is 0 Å². The number of benzene rings is 2. The van der Waals surface area contributed by atoms with Crippen molar-refractivity contribution in [3.05, 3.63) is 70.8 Å². The highest BCUT2D eigenvalue weighted by molar-refractivity contribution is 5.98. The molecule has 1 unspecified atom stereocenters. The molecule has 0 saturated carbocycles. The molecule has 1 aromatic heterocycles. The smallest absolute Gasteiger partial charge is 0.254 e. The summed E-state index contributed by atoms with van der Waals surface area (Å²) in [5, 5.41) is 7.87. The van der Waals surface area contributed by atoms with Crippen molar-refractivity contribution in [3.63, 3.8) is 0 Å². The zero-order valence-corrected chi connectivity index (χ0v) is 15.5. The van der Waals surface area contributed by atoms with Gasteiger partial charge in [-0.2, -0.15) is 4.98 Å². The van der Waals surface area contributed by atoms with Crippen LogP contribution in [-0.2, 0) is 13.1 Å². The highest BCUT2D eigenvalue weighted by atomic mass is 19.1. The van der Waals surface area contributed by atoms with Crippen LogP contribution >= 0.6 is 0 Å². The van der Waals surface area contributed by atoms with Gasteiger partial charge in [-0.3, -0.25) is 4.79 Å². The Balaban J connectivity index is 1.42. The summed E-state index contributed by atoms with van der Waals surface area (Å²) < 4.78 is 15.2. The van der Waals surface area contributed by atoms with Gasteiger partial charge in [0, 0.05) is 37.3 Å². The number of rotatable bonds is 3. The Morgan fingerprint density at radius 3 is 2.82 bits per heavy atom. The van der Waals surface area contributed by atoms with Crippen molar-refractivity contribution in [2.45, 2.75) is 31.8 Å². The molecular formula is C21H20FN5O. The fourth-order valence-corrected chi connectivity index (χ4v) is 4.09. The van der Waals surface area contributed by atoms with E-state index < -0.39 is 0 Å². The maximum atomic E-state index is 13.3. The summed E-state index contributed by atoms with van der Waals surface area (Å²) in [6.45, 7) is 1.44. The largest absolute Gasteiger partial charge is 0.337 e. The normalized spacial score (nSPS) is 18.1. The van der Waals surface area contributed by atoms with Crippen LogP contribution in [0.15, 0.2) is 42.5 Å². The molecule has 1 amide bonds. The van der Waals surface area contributed by atoms with Crippen molar-refractivity contribution >= 4 is 17.5 Å². The third kappa shape index (κ3) is 2.83. The molecule has 0 fully saturated rings. The van der Waals surface area contributed by atoms with Crippen LogP contribution in [0, 0.1) is 5.82 Å². The van der Waals surface area contributed by atoms with Gasteiger partial charge in [0.05, 0.1) is 0 Å². The molecular weight excluding hydrogens is 357 g/mol. The predicted molar refractivity (Wildman–Crippen MR) is 103 cm³/mol. The third-order valence-corrected chi connectivity index (χ3v) is 5.49. The highest BCUT2D eigenvalue weighted by Crippen LogP contribution is 2.33. The van der Waals surface area contributed by atoms with Crippen molar-refractivity contribution in [2.75, 3.05) is 12.4 Å². The highest BCUT2D eigenvalue weighted by Gasteiger charge is 2.27. The Bertz CT molecular complexity index is 1060. The van der Waals surface area contributed by atoms with Crippen LogP contribution < -0.4 is 5.32 Å². The molecule has 142 valence electrons. The maximum absolute atomic E-state index is 13.3. The van der Waals surface area contributed by atoms with Crippen LogP contribution in [0.2, 0.25) is 0 Å². The number of carbonyl (C=O) groups excluding carboxylic acids is 1. The van der Waals surface area contributed by atoms with Crippen LogP contribution in [0.1, 0.15) is 46.1 Å². The molecule has 0 radical (unpaired) electrons. The van der Waals surface area contributed by atoms with E-state index in [1.54, 1.807) is 11.9 Å². The Morgan fingerprint density at radius 1 is 1.18 bits per heavy atom. The second-order valence-corrected chi connectivity index (χ2v) is 7.42.